The second kappa shape index (κ2) is 7.70. The van der Waals surface area contributed by atoms with Crippen molar-refractivity contribution in [2.75, 3.05) is 0 Å². The molecule has 3 aliphatic heterocycles. The van der Waals surface area contributed by atoms with E-state index in [4.69, 9.17) is 0 Å². The van der Waals surface area contributed by atoms with Crippen LogP contribution in [-0.2, 0) is 6.42 Å². The van der Waals surface area contributed by atoms with E-state index < -0.39 is 36.7 Å². The molecule has 3 heterocycles. The van der Waals surface area contributed by atoms with Crippen molar-refractivity contribution in [1.82, 2.24) is 9.80 Å². The molecule has 166 valence electrons. The molecule has 0 aromatic heterocycles. The Morgan fingerprint density at radius 3 is 2.23 bits per heavy atom. The molecule has 4 nitrogen and oxygen atoms in total. The van der Waals surface area contributed by atoms with Crippen LogP contribution in [0.25, 0.3) is 0 Å². The molecule has 3 aliphatic rings. The summed E-state index contributed by atoms with van der Waals surface area (Å²) in [5.41, 5.74) is -1.70. The first-order valence-corrected chi connectivity index (χ1v) is 10.7. The number of amides is 2. The van der Waals surface area contributed by atoms with Gasteiger partial charge in [-0.1, -0.05) is 12.1 Å². The smallest absolute Gasteiger partial charge is 0.380 e. The number of carbonyl (C=O) groups excluding carboxylic acids is 1. The van der Waals surface area contributed by atoms with E-state index in [0.717, 1.165) is 24.8 Å². The Morgan fingerprint density at radius 2 is 1.67 bits per heavy atom. The molecule has 4 rings (SSSR count). The normalized spacial score (nSPS) is 33.9. The molecule has 30 heavy (non-hydrogen) atoms. The van der Waals surface area contributed by atoms with E-state index in [1.165, 1.54) is 12.1 Å². The standard InChI is InChI=1S/C22H28F4N2O2/c1-14-2-8-17(9-5-15-3-6-16(23)7-4-15)27(14)20(29)28-18-10-11-19(28)13-21(30,12-18)22(24,25)26/h3-4,6-7,14,17-19,30H,2,5,8-13H2,1H3/t14-,17-,18?,19?,21?/m1/s1. The summed E-state index contributed by atoms with van der Waals surface area (Å²) < 4.78 is 53.2. The van der Waals surface area contributed by atoms with Gasteiger partial charge >= 0.3 is 12.2 Å². The molecule has 4 atom stereocenters. The highest BCUT2D eigenvalue weighted by atomic mass is 19.4. The number of nitrogens with zero attached hydrogens (tertiary/aromatic N) is 2. The number of alkyl halides is 3. The summed E-state index contributed by atoms with van der Waals surface area (Å²) >= 11 is 0. The third kappa shape index (κ3) is 3.79. The number of benzene rings is 1. The minimum absolute atomic E-state index is 0.0142. The highest BCUT2D eigenvalue weighted by Crippen LogP contribution is 2.48. The fourth-order valence-electron chi connectivity index (χ4n) is 5.59. The van der Waals surface area contributed by atoms with Gasteiger partial charge in [0.2, 0.25) is 0 Å². The monoisotopic (exact) mass is 428 g/mol. The van der Waals surface area contributed by atoms with Gasteiger partial charge in [-0.05, 0) is 63.1 Å². The average molecular weight is 428 g/mol. The second-order valence-electron chi connectivity index (χ2n) is 9.17. The lowest BCUT2D eigenvalue weighted by atomic mass is 9.85. The van der Waals surface area contributed by atoms with Crippen molar-refractivity contribution >= 4 is 6.03 Å². The summed E-state index contributed by atoms with van der Waals surface area (Å²) in [7, 11) is 0. The zero-order chi connectivity index (χ0) is 21.7. The molecule has 0 saturated carbocycles. The summed E-state index contributed by atoms with van der Waals surface area (Å²) in [5.74, 6) is -0.288. The molecule has 8 heteroatoms. The van der Waals surface area contributed by atoms with E-state index in [-0.39, 0.29) is 23.9 Å². The third-order valence-electron chi connectivity index (χ3n) is 7.20. The predicted molar refractivity (Wildman–Crippen MR) is 103 cm³/mol. The molecule has 1 aromatic carbocycles. The Bertz CT molecular complexity index is 768. The van der Waals surface area contributed by atoms with Crippen molar-refractivity contribution in [3.63, 3.8) is 0 Å². The Labute approximate surface area is 173 Å². The van der Waals surface area contributed by atoms with Gasteiger partial charge in [0.25, 0.3) is 0 Å². The molecule has 0 spiro atoms. The van der Waals surface area contributed by atoms with Gasteiger partial charge in [-0.25, -0.2) is 9.18 Å². The Morgan fingerprint density at radius 1 is 1.07 bits per heavy atom. The topological polar surface area (TPSA) is 43.8 Å². The minimum atomic E-state index is -4.68. The Kier molecular flexibility index (Phi) is 5.49. The van der Waals surface area contributed by atoms with Crippen LogP contribution in [0.5, 0.6) is 0 Å². The van der Waals surface area contributed by atoms with Gasteiger partial charge in [0.1, 0.15) is 5.82 Å². The van der Waals surface area contributed by atoms with Crippen molar-refractivity contribution in [3.8, 4) is 0 Å². The third-order valence-corrected chi connectivity index (χ3v) is 7.20. The number of halogens is 4. The van der Waals surface area contributed by atoms with Crippen LogP contribution >= 0.6 is 0 Å². The lowest BCUT2D eigenvalue weighted by Gasteiger charge is -2.46. The highest BCUT2D eigenvalue weighted by Gasteiger charge is 2.62. The van der Waals surface area contributed by atoms with E-state index in [1.807, 2.05) is 11.8 Å². The Balaban J connectivity index is 1.46. The maximum atomic E-state index is 13.4. The lowest BCUT2D eigenvalue weighted by Crippen LogP contribution is -2.61. The van der Waals surface area contributed by atoms with Crippen LogP contribution in [0, 0.1) is 5.82 Å². The molecule has 1 aromatic rings. The molecule has 3 fully saturated rings. The number of urea groups is 1. The first-order chi connectivity index (χ1) is 14.1. The molecule has 2 amide bonds. The summed E-state index contributed by atoms with van der Waals surface area (Å²) in [6.45, 7) is 1.98. The molecule has 0 radical (unpaired) electrons. The van der Waals surface area contributed by atoms with Gasteiger partial charge in [0.15, 0.2) is 5.60 Å². The van der Waals surface area contributed by atoms with Crippen molar-refractivity contribution in [2.45, 2.75) is 94.2 Å². The van der Waals surface area contributed by atoms with E-state index in [0.29, 0.717) is 19.3 Å². The maximum absolute atomic E-state index is 13.4. The van der Waals surface area contributed by atoms with Gasteiger partial charge in [0.05, 0.1) is 0 Å². The summed E-state index contributed by atoms with van der Waals surface area (Å²) in [5, 5.41) is 10.2. The van der Waals surface area contributed by atoms with Crippen molar-refractivity contribution in [3.05, 3.63) is 35.6 Å². The number of fused-ring (bicyclic) bond motifs is 2. The van der Waals surface area contributed by atoms with Crippen LogP contribution < -0.4 is 0 Å². The van der Waals surface area contributed by atoms with Crippen LogP contribution in [0.3, 0.4) is 0 Å². The minimum Gasteiger partial charge on any atom is -0.380 e. The summed E-state index contributed by atoms with van der Waals surface area (Å²) in [6, 6.07) is 5.01. The Hall–Kier alpha value is -1.83. The molecular weight excluding hydrogens is 400 g/mol. The SMILES string of the molecule is C[C@@H]1CC[C@H](CCc2ccc(F)cc2)N1C(=O)N1C2CCC1CC(O)(C(F)(F)F)C2. The number of hydrogen-bond donors (Lipinski definition) is 1. The first-order valence-electron chi connectivity index (χ1n) is 10.7. The average Bonchev–Trinajstić information content (AvgIpc) is 3.17. The van der Waals surface area contributed by atoms with E-state index in [1.54, 1.807) is 17.0 Å². The quantitative estimate of drug-likeness (QED) is 0.713. The van der Waals surface area contributed by atoms with Crippen molar-refractivity contribution in [2.24, 2.45) is 0 Å². The largest absolute Gasteiger partial charge is 0.417 e. The maximum Gasteiger partial charge on any atom is 0.417 e. The van der Waals surface area contributed by atoms with Crippen LogP contribution in [0.1, 0.15) is 57.4 Å². The second-order valence-corrected chi connectivity index (χ2v) is 9.17. The molecule has 1 N–H and O–H groups in total. The number of piperidine rings is 1. The molecule has 2 bridgehead atoms. The van der Waals surface area contributed by atoms with Crippen LogP contribution in [-0.4, -0.2) is 56.9 Å². The van der Waals surface area contributed by atoms with Gasteiger partial charge < -0.3 is 14.9 Å². The predicted octanol–water partition coefficient (Wildman–Crippen LogP) is 4.65. The van der Waals surface area contributed by atoms with E-state index >= 15 is 0 Å². The number of carbonyl (C=O) groups is 1. The summed E-state index contributed by atoms with van der Waals surface area (Å²) in [6.07, 6.45) is -1.42. The van der Waals surface area contributed by atoms with Gasteiger partial charge in [-0.3, -0.25) is 0 Å². The van der Waals surface area contributed by atoms with Crippen LogP contribution in [0.15, 0.2) is 24.3 Å². The molecular formula is C22H28F4N2O2. The molecule has 0 aliphatic carbocycles. The fourth-order valence-corrected chi connectivity index (χ4v) is 5.59. The number of aryl methyl sites for hydroxylation is 1. The first kappa shape index (κ1) is 21.4. The van der Waals surface area contributed by atoms with Gasteiger partial charge in [0, 0.05) is 37.0 Å². The number of aliphatic hydroxyl groups is 1. The lowest BCUT2D eigenvalue weighted by molar-refractivity contribution is -0.277. The number of rotatable bonds is 3. The van der Waals surface area contributed by atoms with Crippen LogP contribution in [0.4, 0.5) is 22.4 Å². The van der Waals surface area contributed by atoms with Crippen LogP contribution in [0.2, 0.25) is 0 Å². The van der Waals surface area contributed by atoms with Crippen molar-refractivity contribution < 1.29 is 27.5 Å². The van der Waals surface area contributed by atoms with E-state index in [9.17, 15) is 27.5 Å². The van der Waals surface area contributed by atoms with Crippen molar-refractivity contribution in [1.29, 1.82) is 0 Å². The zero-order valence-corrected chi connectivity index (χ0v) is 17.0. The zero-order valence-electron chi connectivity index (χ0n) is 17.0. The summed E-state index contributed by atoms with van der Waals surface area (Å²) in [4.78, 5) is 16.9. The van der Waals surface area contributed by atoms with Gasteiger partial charge in [-0.15, -0.1) is 0 Å². The van der Waals surface area contributed by atoms with Gasteiger partial charge in [-0.2, -0.15) is 13.2 Å². The molecule has 3 saturated heterocycles. The number of likely N-dealkylation sites (tertiary alicyclic amines) is 1. The highest BCUT2D eigenvalue weighted by molar-refractivity contribution is 5.77. The fraction of sp³-hybridized carbons (Fsp3) is 0.682. The number of hydrogen-bond acceptors (Lipinski definition) is 2. The molecule has 2 unspecified atom stereocenters. The van der Waals surface area contributed by atoms with E-state index in [2.05, 4.69) is 0 Å².